The Morgan fingerprint density at radius 1 is 1.15 bits per heavy atom. The zero-order chi connectivity index (χ0) is 14.5. The molecule has 0 saturated heterocycles. The highest BCUT2D eigenvalue weighted by Crippen LogP contribution is 2.20. The predicted octanol–water partition coefficient (Wildman–Crippen LogP) is 4.23. The van der Waals surface area contributed by atoms with E-state index in [1.807, 2.05) is 26.0 Å². The molecule has 0 fully saturated rings. The van der Waals surface area contributed by atoms with Crippen LogP contribution in [0.3, 0.4) is 0 Å². The van der Waals surface area contributed by atoms with Gasteiger partial charge in [0.2, 0.25) is 0 Å². The summed E-state index contributed by atoms with van der Waals surface area (Å²) < 4.78 is 32.1. The Balaban J connectivity index is 1.90. The predicted molar refractivity (Wildman–Crippen MR) is 74.4 cm³/mol. The Morgan fingerprint density at radius 2 is 1.95 bits per heavy atom. The van der Waals surface area contributed by atoms with E-state index >= 15 is 0 Å². The van der Waals surface area contributed by atoms with Gasteiger partial charge >= 0.3 is 0 Å². The van der Waals surface area contributed by atoms with Crippen molar-refractivity contribution in [2.24, 2.45) is 0 Å². The molecule has 0 aliphatic carbocycles. The van der Waals surface area contributed by atoms with Crippen molar-refractivity contribution in [3.63, 3.8) is 0 Å². The minimum absolute atomic E-state index is 0.178. The number of hydrogen-bond donors (Lipinski definition) is 1. The van der Waals surface area contributed by atoms with E-state index < -0.39 is 11.6 Å². The van der Waals surface area contributed by atoms with Crippen molar-refractivity contribution in [3.8, 4) is 0 Å². The molecule has 0 aliphatic rings. The van der Waals surface area contributed by atoms with Crippen molar-refractivity contribution in [3.05, 3.63) is 59.6 Å². The van der Waals surface area contributed by atoms with Crippen LogP contribution in [0.1, 0.15) is 37.6 Å². The van der Waals surface area contributed by atoms with Gasteiger partial charge in [0.05, 0.1) is 6.26 Å². The summed E-state index contributed by atoms with van der Waals surface area (Å²) in [6, 6.07) is 8.00. The third-order valence-corrected chi connectivity index (χ3v) is 3.39. The Kier molecular flexibility index (Phi) is 4.90. The maximum absolute atomic E-state index is 13.7. The Hall–Kier alpha value is -1.68. The first kappa shape index (κ1) is 14.7. The summed E-state index contributed by atoms with van der Waals surface area (Å²) in [5.41, 5.74) is 0.356. The van der Waals surface area contributed by atoms with Crippen molar-refractivity contribution >= 4 is 0 Å². The summed E-state index contributed by atoms with van der Waals surface area (Å²) in [5.74, 6) is -0.645. The molecule has 1 aromatic heterocycles. The number of nitrogens with one attached hydrogen (secondary N) is 1. The highest BCUT2D eigenvalue weighted by atomic mass is 19.2. The van der Waals surface area contributed by atoms with Gasteiger partial charge in [0.1, 0.15) is 5.76 Å². The fourth-order valence-electron chi connectivity index (χ4n) is 2.27. The second-order valence-electron chi connectivity index (χ2n) is 5.05. The van der Waals surface area contributed by atoms with Crippen molar-refractivity contribution in [1.29, 1.82) is 0 Å². The van der Waals surface area contributed by atoms with Gasteiger partial charge in [-0.1, -0.05) is 12.1 Å². The quantitative estimate of drug-likeness (QED) is 0.856. The molecule has 0 radical (unpaired) electrons. The van der Waals surface area contributed by atoms with Crippen molar-refractivity contribution in [2.45, 2.75) is 38.8 Å². The third-order valence-electron chi connectivity index (χ3n) is 3.39. The fourth-order valence-corrected chi connectivity index (χ4v) is 2.27. The standard InChI is InChI=1S/C16H19F2NO/c1-11(8-9-13-5-4-10-20-13)19-12(2)14-6-3-7-15(17)16(14)18/h3-7,10-12,19H,8-9H2,1-2H3. The number of aryl methyl sites for hydroxylation is 1. The molecule has 2 atom stereocenters. The average Bonchev–Trinajstić information content (AvgIpc) is 2.92. The molecule has 2 aromatic rings. The van der Waals surface area contributed by atoms with E-state index in [2.05, 4.69) is 5.32 Å². The van der Waals surface area contributed by atoms with Crippen LogP contribution < -0.4 is 5.32 Å². The van der Waals surface area contributed by atoms with E-state index in [0.29, 0.717) is 5.56 Å². The lowest BCUT2D eigenvalue weighted by atomic mass is 10.0. The molecule has 1 N–H and O–H groups in total. The zero-order valence-corrected chi connectivity index (χ0v) is 11.7. The molecule has 4 heteroatoms. The molecule has 0 spiro atoms. The molecule has 2 unspecified atom stereocenters. The first-order chi connectivity index (χ1) is 9.58. The van der Waals surface area contributed by atoms with E-state index in [4.69, 9.17) is 4.42 Å². The zero-order valence-electron chi connectivity index (χ0n) is 11.7. The lowest BCUT2D eigenvalue weighted by Crippen LogP contribution is -2.30. The largest absolute Gasteiger partial charge is 0.469 e. The first-order valence-corrected chi connectivity index (χ1v) is 6.80. The van der Waals surface area contributed by atoms with Gasteiger partial charge in [-0.05, 0) is 38.5 Å². The Morgan fingerprint density at radius 3 is 2.65 bits per heavy atom. The van der Waals surface area contributed by atoms with Crippen LogP contribution in [-0.4, -0.2) is 6.04 Å². The summed E-state index contributed by atoms with van der Waals surface area (Å²) in [6.07, 6.45) is 3.34. The van der Waals surface area contributed by atoms with Crippen LogP contribution in [0.15, 0.2) is 41.0 Å². The topological polar surface area (TPSA) is 25.2 Å². The third kappa shape index (κ3) is 3.67. The monoisotopic (exact) mass is 279 g/mol. The van der Waals surface area contributed by atoms with E-state index in [1.54, 1.807) is 12.3 Å². The van der Waals surface area contributed by atoms with Gasteiger partial charge in [0.15, 0.2) is 11.6 Å². The summed E-state index contributed by atoms with van der Waals surface area (Å²) in [5, 5.41) is 3.28. The smallest absolute Gasteiger partial charge is 0.163 e. The average molecular weight is 279 g/mol. The van der Waals surface area contributed by atoms with Gasteiger partial charge in [-0.25, -0.2) is 8.78 Å². The molecule has 0 aliphatic heterocycles. The van der Waals surface area contributed by atoms with Crippen LogP contribution in [0.2, 0.25) is 0 Å². The maximum atomic E-state index is 13.7. The van der Waals surface area contributed by atoms with Crippen molar-refractivity contribution < 1.29 is 13.2 Å². The van der Waals surface area contributed by atoms with E-state index in [1.165, 1.54) is 6.07 Å². The normalized spacial score (nSPS) is 14.2. The molecule has 2 rings (SSSR count). The molecule has 108 valence electrons. The van der Waals surface area contributed by atoms with Crippen molar-refractivity contribution in [1.82, 2.24) is 5.32 Å². The molecule has 0 bridgehead atoms. The summed E-state index contributed by atoms with van der Waals surface area (Å²) in [4.78, 5) is 0. The first-order valence-electron chi connectivity index (χ1n) is 6.80. The van der Waals surface area contributed by atoms with E-state index in [-0.39, 0.29) is 12.1 Å². The summed E-state index contributed by atoms with van der Waals surface area (Å²) in [6.45, 7) is 3.86. The number of hydrogen-bond acceptors (Lipinski definition) is 2. The number of halogens is 2. The van der Waals surface area contributed by atoms with Gasteiger partial charge in [-0.3, -0.25) is 0 Å². The molecule has 2 nitrogen and oxygen atoms in total. The van der Waals surface area contributed by atoms with Gasteiger partial charge in [-0.2, -0.15) is 0 Å². The molecule has 0 amide bonds. The molecule has 0 saturated carbocycles. The number of furan rings is 1. The van der Waals surface area contributed by atoms with Gasteiger partial charge in [0.25, 0.3) is 0 Å². The van der Waals surface area contributed by atoms with Crippen LogP contribution in [-0.2, 0) is 6.42 Å². The SMILES string of the molecule is CC(CCc1ccco1)NC(C)c1cccc(F)c1F. The van der Waals surface area contributed by atoms with Crippen molar-refractivity contribution in [2.75, 3.05) is 0 Å². The second kappa shape index (κ2) is 6.66. The van der Waals surface area contributed by atoms with Gasteiger partial charge < -0.3 is 9.73 Å². The van der Waals surface area contributed by atoms with Gasteiger partial charge in [-0.15, -0.1) is 0 Å². The van der Waals surface area contributed by atoms with Crippen LogP contribution in [0.4, 0.5) is 8.78 Å². The lowest BCUT2D eigenvalue weighted by molar-refractivity contribution is 0.415. The van der Waals surface area contributed by atoms with E-state index in [9.17, 15) is 8.78 Å². The van der Waals surface area contributed by atoms with Crippen LogP contribution in [0.5, 0.6) is 0 Å². The second-order valence-corrected chi connectivity index (χ2v) is 5.05. The molecule has 20 heavy (non-hydrogen) atoms. The highest BCUT2D eigenvalue weighted by molar-refractivity contribution is 5.22. The summed E-state index contributed by atoms with van der Waals surface area (Å²) >= 11 is 0. The maximum Gasteiger partial charge on any atom is 0.163 e. The number of rotatable bonds is 6. The molecule has 1 heterocycles. The van der Waals surface area contributed by atoms with E-state index in [0.717, 1.165) is 24.7 Å². The lowest BCUT2D eigenvalue weighted by Gasteiger charge is -2.20. The van der Waals surface area contributed by atoms with Crippen LogP contribution >= 0.6 is 0 Å². The van der Waals surface area contributed by atoms with Gasteiger partial charge in [0, 0.05) is 24.1 Å². The Labute approximate surface area is 117 Å². The Bertz CT molecular complexity index is 539. The fraction of sp³-hybridized carbons (Fsp3) is 0.375. The molecular weight excluding hydrogens is 260 g/mol. The minimum Gasteiger partial charge on any atom is -0.469 e. The summed E-state index contributed by atoms with van der Waals surface area (Å²) in [7, 11) is 0. The highest BCUT2D eigenvalue weighted by Gasteiger charge is 2.16. The van der Waals surface area contributed by atoms with Crippen LogP contribution in [0, 0.1) is 11.6 Å². The minimum atomic E-state index is -0.806. The molecule has 1 aromatic carbocycles. The number of benzene rings is 1. The van der Waals surface area contributed by atoms with Crippen LogP contribution in [0.25, 0.3) is 0 Å². The molecular formula is C16H19F2NO.